The Bertz CT molecular complexity index is 509. The van der Waals surface area contributed by atoms with Gasteiger partial charge in [0.1, 0.15) is 6.10 Å². The molecular formula is C11H11Cl3N2O5. The quantitative estimate of drug-likeness (QED) is 0.405. The minimum absolute atomic E-state index is 0.167. The third-order valence-electron chi connectivity index (χ3n) is 2.59. The van der Waals surface area contributed by atoms with Crippen LogP contribution in [-0.2, 0) is 4.79 Å². The number of carbonyl (C=O) groups excluding carboxylic acids is 1. The normalized spacial score (nSPS) is 15.3. The van der Waals surface area contributed by atoms with Crippen LogP contribution in [0.4, 0.5) is 5.69 Å². The van der Waals surface area contributed by atoms with Crippen LogP contribution >= 0.6 is 34.8 Å². The number of aliphatic hydroxyl groups is 2. The van der Waals surface area contributed by atoms with Crippen molar-refractivity contribution < 1.29 is 19.9 Å². The van der Waals surface area contributed by atoms with Crippen LogP contribution in [0.5, 0.6) is 0 Å². The van der Waals surface area contributed by atoms with E-state index in [1.807, 2.05) is 0 Å². The van der Waals surface area contributed by atoms with Crippen molar-refractivity contribution in [2.75, 3.05) is 0 Å². The van der Waals surface area contributed by atoms with Crippen LogP contribution in [0.2, 0.25) is 0 Å². The van der Waals surface area contributed by atoms with Crippen molar-refractivity contribution >= 4 is 46.4 Å². The summed E-state index contributed by atoms with van der Waals surface area (Å²) < 4.78 is 0. The maximum atomic E-state index is 11.4. The fourth-order valence-electron chi connectivity index (χ4n) is 1.53. The summed E-state index contributed by atoms with van der Waals surface area (Å²) in [6.45, 7) is 0. The number of carbonyl (C=O) groups is 1. The van der Waals surface area contributed by atoms with Gasteiger partial charge in [0, 0.05) is 12.1 Å². The summed E-state index contributed by atoms with van der Waals surface area (Å²) in [5.74, 6) is -0.844. The van der Waals surface area contributed by atoms with Gasteiger partial charge < -0.3 is 15.5 Å². The van der Waals surface area contributed by atoms with Gasteiger partial charge in [-0.15, -0.1) is 0 Å². The van der Waals surface area contributed by atoms with Crippen LogP contribution in [0.3, 0.4) is 0 Å². The zero-order valence-electron chi connectivity index (χ0n) is 10.3. The molecule has 1 aromatic rings. The largest absolute Gasteiger partial charge is 0.386 e. The number of benzene rings is 1. The van der Waals surface area contributed by atoms with Crippen molar-refractivity contribution in [3.8, 4) is 0 Å². The van der Waals surface area contributed by atoms with E-state index in [0.717, 1.165) is 0 Å². The van der Waals surface area contributed by atoms with E-state index in [4.69, 9.17) is 34.8 Å². The van der Waals surface area contributed by atoms with Crippen LogP contribution in [0.25, 0.3) is 0 Å². The minimum Gasteiger partial charge on any atom is -0.386 e. The van der Waals surface area contributed by atoms with Gasteiger partial charge in [0.05, 0.1) is 11.0 Å². The second-order valence-electron chi connectivity index (χ2n) is 4.00. The summed E-state index contributed by atoms with van der Waals surface area (Å²) in [6, 6.07) is 3.61. The Hall–Kier alpha value is -1.12. The van der Waals surface area contributed by atoms with Gasteiger partial charge >= 0.3 is 0 Å². The molecule has 0 saturated carbocycles. The molecule has 1 unspecified atom stereocenters. The topological polar surface area (TPSA) is 113 Å². The van der Waals surface area contributed by atoms with E-state index in [9.17, 15) is 25.1 Å². The fourth-order valence-corrected chi connectivity index (χ4v) is 1.85. The highest BCUT2D eigenvalue weighted by atomic mass is 35.5. The second kappa shape index (κ2) is 7.77. The van der Waals surface area contributed by atoms with Gasteiger partial charge in [0.25, 0.3) is 11.6 Å². The summed E-state index contributed by atoms with van der Waals surface area (Å²) in [5.41, 5.74) is -1.57. The number of aliphatic hydroxyl groups excluding tert-OH is 2. The molecule has 0 radical (unpaired) electrons. The molecule has 0 aliphatic carbocycles. The average Bonchev–Trinajstić information content (AvgIpc) is 2.43. The molecule has 10 heteroatoms. The van der Waals surface area contributed by atoms with E-state index >= 15 is 0 Å². The highest BCUT2D eigenvalue weighted by Crippen LogP contribution is 2.23. The van der Waals surface area contributed by atoms with E-state index in [2.05, 4.69) is 5.32 Å². The molecule has 1 amide bonds. The third-order valence-corrected chi connectivity index (χ3v) is 3.26. The Morgan fingerprint density at radius 2 is 1.71 bits per heavy atom. The highest BCUT2D eigenvalue weighted by molar-refractivity contribution is 6.53. The van der Waals surface area contributed by atoms with Crippen LogP contribution < -0.4 is 5.32 Å². The van der Waals surface area contributed by atoms with Crippen molar-refractivity contribution in [1.29, 1.82) is 0 Å². The molecule has 1 rings (SSSR count). The summed E-state index contributed by atoms with van der Waals surface area (Å²) >= 11 is 16.2. The van der Waals surface area contributed by atoms with Crippen molar-refractivity contribution in [1.82, 2.24) is 5.32 Å². The lowest BCUT2D eigenvalue weighted by Crippen LogP contribution is -2.47. The Kier molecular flexibility index (Phi) is 6.63. The lowest BCUT2D eigenvalue weighted by molar-refractivity contribution is -0.384. The summed E-state index contributed by atoms with van der Waals surface area (Å²) in [6.07, 6.45) is -1.41. The van der Waals surface area contributed by atoms with Gasteiger partial charge in [-0.25, -0.2) is 0 Å². The lowest BCUT2D eigenvalue weighted by Gasteiger charge is -2.25. The molecule has 0 spiro atoms. The van der Waals surface area contributed by atoms with E-state index in [1.165, 1.54) is 24.3 Å². The van der Waals surface area contributed by atoms with Crippen LogP contribution in [0.1, 0.15) is 11.7 Å². The molecule has 0 fully saturated rings. The third kappa shape index (κ3) is 4.98. The molecule has 7 nitrogen and oxygen atoms in total. The number of rotatable bonds is 6. The molecule has 21 heavy (non-hydrogen) atoms. The molecule has 0 heterocycles. The maximum Gasteiger partial charge on any atom is 0.269 e. The predicted octanol–water partition coefficient (Wildman–Crippen LogP) is 1.47. The number of alkyl halides is 3. The molecule has 0 aliphatic rings. The number of nitrogens with zero attached hydrogens (tertiary/aromatic N) is 1. The lowest BCUT2D eigenvalue weighted by atomic mass is 10.0. The Morgan fingerprint density at radius 3 is 2.10 bits per heavy atom. The number of hydrogen-bond acceptors (Lipinski definition) is 5. The van der Waals surface area contributed by atoms with E-state index < -0.39 is 33.4 Å². The van der Waals surface area contributed by atoms with Crippen molar-refractivity contribution in [2.24, 2.45) is 0 Å². The van der Waals surface area contributed by atoms with E-state index in [0.29, 0.717) is 0 Å². The molecule has 0 aromatic heterocycles. The van der Waals surface area contributed by atoms with Crippen molar-refractivity contribution in [3.63, 3.8) is 0 Å². The minimum atomic E-state index is -1.62. The molecule has 3 atom stereocenters. The summed E-state index contributed by atoms with van der Waals surface area (Å²) in [7, 11) is 0. The predicted molar refractivity (Wildman–Crippen MR) is 77.3 cm³/mol. The summed E-state index contributed by atoms with van der Waals surface area (Å²) in [5, 5.41) is 32.2. The molecule has 1 aromatic carbocycles. The van der Waals surface area contributed by atoms with Gasteiger partial charge in [-0.2, -0.15) is 0 Å². The second-order valence-corrected chi connectivity index (χ2v) is 5.54. The van der Waals surface area contributed by atoms with Crippen molar-refractivity contribution in [3.05, 3.63) is 39.9 Å². The van der Waals surface area contributed by atoms with Gasteiger partial charge in [0.2, 0.25) is 0 Å². The molecule has 3 N–H and O–H groups in total. The number of hydrogen-bond donors (Lipinski definition) is 3. The Labute approximate surface area is 134 Å². The first-order valence-corrected chi connectivity index (χ1v) is 6.88. The van der Waals surface area contributed by atoms with Crippen molar-refractivity contribution in [2.45, 2.75) is 22.5 Å². The molecule has 0 saturated heterocycles. The molecular weight excluding hydrogens is 346 g/mol. The molecule has 116 valence electrons. The smallest absolute Gasteiger partial charge is 0.269 e. The first-order chi connectivity index (χ1) is 9.73. The van der Waals surface area contributed by atoms with Crippen LogP contribution in [0.15, 0.2) is 24.3 Å². The van der Waals surface area contributed by atoms with E-state index in [1.54, 1.807) is 0 Å². The Balaban J connectivity index is 2.92. The first-order valence-electron chi connectivity index (χ1n) is 5.57. The number of amides is 1. The number of nitro benzene ring substituents is 1. The fraction of sp³-hybridized carbons (Fsp3) is 0.364. The average molecular weight is 358 g/mol. The van der Waals surface area contributed by atoms with Gasteiger partial charge in [-0.05, 0) is 17.7 Å². The molecule has 0 bridgehead atoms. The maximum absolute atomic E-state index is 11.4. The Morgan fingerprint density at radius 1 is 1.19 bits per heavy atom. The molecule has 0 aliphatic heterocycles. The number of non-ortho nitro benzene ring substituents is 1. The van der Waals surface area contributed by atoms with Gasteiger partial charge in [0.15, 0.2) is 10.4 Å². The zero-order valence-corrected chi connectivity index (χ0v) is 12.6. The summed E-state index contributed by atoms with van der Waals surface area (Å²) in [4.78, 5) is 19.9. The van der Waals surface area contributed by atoms with Gasteiger partial charge in [-0.3, -0.25) is 14.9 Å². The van der Waals surface area contributed by atoms with E-state index in [-0.39, 0.29) is 11.3 Å². The standard InChI is InChI=1S/C11H11Cl3N2O5/c12-9(13)11(19)15-7(10(14)18)8(17)5-1-3-6(4-2-5)16(20)21/h1-4,7-10,17-18H,(H,15,19)/t7-,8+,10?/m0/s1. The number of nitro groups is 1. The highest BCUT2D eigenvalue weighted by Gasteiger charge is 2.30. The van der Waals surface area contributed by atoms with Crippen LogP contribution in [0, 0.1) is 10.1 Å². The van der Waals surface area contributed by atoms with Crippen LogP contribution in [-0.4, -0.2) is 37.5 Å². The first kappa shape index (κ1) is 17.9. The monoisotopic (exact) mass is 356 g/mol. The number of nitrogens with one attached hydrogen (secondary N) is 1. The number of halogens is 3. The SMILES string of the molecule is O=C(N[C@H](C(O)Cl)[C@H](O)c1ccc([N+](=O)[O-])cc1)C(Cl)Cl. The van der Waals surface area contributed by atoms with Gasteiger partial charge in [-0.1, -0.05) is 34.8 Å². The zero-order chi connectivity index (χ0) is 16.2.